The third-order valence-electron chi connectivity index (χ3n) is 2.38. The lowest BCUT2D eigenvalue weighted by Gasteiger charge is -1.95. The molecular formula is C10H8ClNO3. The first-order chi connectivity index (χ1) is 7.40. The highest BCUT2D eigenvalue weighted by atomic mass is 35.5. The van der Waals surface area contributed by atoms with Gasteiger partial charge in [0.2, 0.25) is 18.1 Å². The van der Waals surface area contributed by atoms with Gasteiger partial charge in [-0.25, -0.2) is 0 Å². The van der Waals surface area contributed by atoms with E-state index in [1.165, 1.54) is 0 Å². The molecule has 4 nitrogen and oxygen atoms in total. The first-order valence-electron chi connectivity index (χ1n) is 4.63. The van der Waals surface area contributed by atoms with Gasteiger partial charge in [0, 0.05) is 17.7 Å². The van der Waals surface area contributed by atoms with E-state index in [0.29, 0.717) is 29.4 Å². The maximum Gasteiger partial charge on any atom is 0.231 e. The SMILES string of the molecule is ClCCc1noc2c3c(ccc12)OCO3. The van der Waals surface area contributed by atoms with Gasteiger partial charge in [0.05, 0.1) is 5.69 Å². The van der Waals surface area contributed by atoms with Crippen molar-refractivity contribution in [2.75, 3.05) is 12.7 Å². The molecule has 1 aromatic heterocycles. The molecule has 2 aromatic rings. The van der Waals surface area contributed by atoms with Crippen LogP contribution in [0.5, 0.6) is 11.5 Å². The van der Waals surface area contributed by atoms with Crippen molar-refractivity contribution in [3.8, 4) is 11.5 Å². The molecule has 0 aliphatic carbocycles. The number of rotatable bonds is 2. The molecule has 1 aromatic carbocycles. The zero-order valence-electron chi connectivity index (χ0n) is 7.83. The Balaban J connectivity index is 2.21. The van der Waals surface area contributed by atoms with E-state index >= 15 is 0 Å². The van der Waals surface area contributed by atoms with Gasteiger partial charge in [-0.1, -0.05) is 5.16 Å². The number of fused-ring (bicyclic) bond motifs is 3. The minimum Gasteiger partial charge on any atom is -0.453 e. The van der Waals surface area contributed by atoms with Gasteiger partial charge in [-0.15, -0.1) is 11.6 Å². The molecule has 0 amide bonds. The Kier molecular flexibility index (Phi) is 1.95. The lowest BCUT2D eigenvalue weighted by molar-refractivity contribution is 0.173. The molecule has 0 spiro atoms. The first kappa shape index (κ1) is 8.85. The molecule has 0 saturated heterocycles. The molecule has 1 aliphatic rings. The van der Waals surface area contributed by atoms with Crippen molar-refractivity contribution in [2.24, 2.45) is 0 Å². The number of hydrogen-bond acceptors (Lipinski definition) is 4. The molecule has 78 valence electrons. The molecule has 0 N–H and O–H groups in total. The van der Waals surface area contributed by atoms with Crippen molar-refractivity contribution in [3.05, 3.63) is 17.8 Å². The van der Waals surface area contributed by atoms with Crippen LogP contribution in [0.25, 0.3) is 11.0 Å². The van der Waals surface area contributed by atoms with E-state index < -0.39 is 0 Å². The number of nitrogens with zero attached hydrogens (tertiary/aromatic N) is 1. The fourth-order valence-electron chi connectivity index (χ4n) is 1.68. The molecular weight excluding hydrogens is 218 g/mol. The van der Waals surface area contributed by atoms with Gasteiger partial charge in [0.15, 0.2) is 5.75 Å². The van der Waals surface area contributed by atoms with Crippen LogP contribution in [-0.4, -0.2) is 17.8 Å². The summed E-state index contributed by atoms with van der Waals surface area (Å²) in [6, 6.07) is 3.78. The number of alkyl halides is 1. The lowest BCUT2D eigenvalue weighted by Crippen LogP contribution is -1.93. The fourth-order valence-corrected chi connectivity index (χ4v) is 1.86. The molecule has 2 heterocycles. The fraction of sp³-hybridized carbons (Fsp3) is 0.300. The predicted molar refractivity (Wildman–Crippen MR) is 54.6 cm³/mol. The minimum absolute atomic E-state index is 0.236. The largest absolute Gasteiger partial charge is 0.453 e. The van der Waals surface area contributed by atoms with Gasteiger partial charge >= 0.3 is 0 Å². The van der Waals surface area contributed by atoms with Gasteiger partial charge in [-0.05, 0) is 12.1 Å². The number of ether oxygens (including phenoxy) is 2. The highest BCUT2D eigenvalue weighted by Gasteiger charge is 2.21. The van der Waals surface area contributed by atoms with Crippen molar-refractivity contribution >= 4 is 22.6 Å². The number of halogens is 1. The van der Waals surface area contributed by atoms with Crippen LogP contribution in [0.1, 0.15) is 5.69 Å². The van der Waals surface area contributed by atoms with E-state index in [2.05, 4.69) is 5.16 Å². The second kappa shape index (κ2) is 3.31. The summed E-state index contributed by atoms with van der Waals surface area (Å²) >= 11 is 5.67. The second-order valence-corrected chi connectivity index (χ2v) is 3.62. The summed E-state index contributed by atoms with van der Waals surface area (Å²) in [5.74, 6) is 1.87. The Morgan fingerprint density at radius 1 is 1.33 bits per heavy atom. The van der Waals surface area contributed by atoms with E-state index in [4.69, 9.17) is 25.6 Å². The Labute approximate surface area is 90.7 Å². The standard InChI is InChI=1S/C10H8ClNO3/c11-4-3-7-6-1-2-8-10(14-5-13-8)9(6)15-12-7/h1-2H,3-5H2. The molecule has 0 fully saturated rings. The molecule has 5 heteroatoms. The molecule has 1 aliphatic heterocycles. The Morgan fingerprint density at radius 2 is 2.27 bits per heavy atom. The maximum absolute atomic E-state index is 5.67. The topological polar surface area (TPSA) is 44.5 Å². The normalized spacial score (nSPS) is 13.7. The van der Waals surface area contributed by atoms with Crippen LogP contribution in [-0.2, 0) is 6.42 Å². The minimum atomic E-state index is 0.236. The summed E-state index contributed by atoms with van der Waals surface area (Å²) < 4.78 is 15.8. The average Bonchev–Trinajstić information content (AvgIpc) is 2.83. The van der Waals surface area contributed by atoms with Crippen LogP contribution in [0, 0.1) is 0 Å². The lowest BCUT2D eigenvalue weighted by atomic mass is 10.1. The van der Waals surface area contributed by atoms with Gasteiger partial charge in [0.25, 0.3) is 0 Å². The Bertz CT molecular complexity index is 509. The predicted octanol–water partition coefficient (Wildman–Crippen LogP) is 2.34. The maximum atomic E-state index is 5.67. The average molecular weight is 226 g/mol. The monoisotopic (exact) mass is 225 g/mol. The van der Waals surface area contributed by atoms with Crippen molar-refractivity contribution in [1.82, 2.24) is 5.16 Å². The number of hydrogen-bond donors (Lipinski definition) is 0. The highest BCUT2D eigenvalue weighted by molar-refractivity contribution is 6.18. The van der Waals surface area contributed by atoms with Crippen LogP contribution in [0.15, 0.2) is 16.7 Å². The summed E-state index contributed by atoms with van der Waals surface area (Å²) in [5, 5.41) is 4.91. The molecule has 0 radical (unpaired) electrons. The number of aryl methyl sites for hydroxylation is 1. The molecule has 0 atom stereocenters. The summed E-state index contributed by atoms with van der Waals surface area (Å²) in [6.45, 7) is 0.236. The molecule has 0 saturated carbocycles. The van der Waals surface area contributed by atoms with Gasteiger partial charge in [-0.3, -0.25) is 0 Å². The Hall–Kier alpha value is -1.42. The summed E-state index contributed by atoms with van der Waals surface area (Å²) in [4.78, 5) is 0. The van der Waals surface area contributed by atoms with Crippen LogP contribution in [0.2, 0.25) is 0 Å². The Morgan fingerprint density at radius 3 is 3.13 bits per heavy atom. The van der Waals surface area contributed by atoms with Crippen LogP contribution >= 0.6 is 11.6 Å². The van der Waals surface area contributed by atoms with E-state index in [0.717, 1.165) is 11.1 Å². The second-order valence-electron chi connectivity index (χ2n) is 3.24. The van der Waals surface area contributed by atoms with E-state index in [-0.39, 0.29) is 6.79 Å². The van der Waals surface area contributed by atoms with E-state index in [1.807, 2.05) is 12.1 Å². The molecule has 0 unspecified atom stereocenters. The molecule has 0 bridgehead atoms. The van der Waals surface area contributed by atoms with Crippen molar-refractivity contribution in [3.63, 3.8) is 0 Å². The zero-order valence-corrected chi connectivity index (χ0v) is 8.58. The van der Waals surface area contributed by atoms with Gasteiger partial charge in [-0.2, -0.15) is 0 Å². The van der Waals surface area contributed by atoms with Crippen LogP contribution in [0.3, 0.4) is 0 Å². The summed E-state index contributed by atoms with van der Waals surface area (Å²) in [6.07, 6.45) is 0.689. The molecule has 3 rings (SSSR count). The molecule has 15 heavy (non-hydrogen) atoms. The van der Waals surface area contributed by atoms with Crippen LogP contribution < -0.4 is 9.47 Å². The number of aromatic nitrogens is 1. The summed E-state index contributed by atoms with van der Waals surface area (Å²) in [5.41, 5.74) is 1.50. The first-order valence-corrected chi connectivity index (χ1v) is 5.16. The summed E-state index contributed by atoms with van der Waals surface area (Å²) in [7, 11) is 0. The van der Waals surface area contributed by atoms with Crippen molar-refractivity contribution in [2.45, 2.75) is 6.42 Å². The smallest absolute Gasteiger partial charge is 0.231 e. The van der Waals surface area contributed by atoms with Gasteiger partial charge < -0.3 is 14.0 Å². The third-order valence-corrected chi connectivity index (χ3v) is 2.57. The van der Waals surface area contributed by atoms with Crippen molar-refractivity contribution in [1.29, 1.82) is 0 Å². The van der Waals surface area contributed by atoms with Crippen molar-refractivity contribution < 1.29 is 14.0 Å². The van der Waals surface area contributed by atoms with E-state index in [1.54, 1.807) is 0 Å². The highest BCUT2D eigenvalue weighted by Crippen LogP contribution is 2.40. The van der Waals surface area contributed by atoms with E-state index in [9.17, 15) is 0 Å². The zero-order chi connectivity index (χ0) is 10.3. The third kappa shape index (κ3) is 1.25. The number of benzene rings is 1. The van der Waals surface area contributed by atoms with Crippen LogP contribution in [0.4, 0.5) is 0 Å². The van der Waals surface area contributed by atoms with Gasteiger partial charge in [0.1, 0.15) is 0 Å². The quantitative estimate of drug-likeness (QED) is 0.736.